The third kappa shape index (κ3) is 5.03. The molecule has 1 saturated carbocycles. The minimum atomic E-state index is -0.125. The predicted octanol–water partition coefficient (Wildman–Crippen LogP) is 1.34. The van der Waals surface area contributed by atoms with Crippen LogP contribution in [0.5, 0.6) is 0 Å². The van der Waals surface area contributed by atoms with Crippen LogP contribution >= 0.6 is 0 Å². The van der Waals surface area contributed by atoms with Crippen LogP contribution < -0.4 is 5.32 Å². The number of aryl methyl sites for hydroxylation is 2. The number of nitrogens with zero attached hydrogens (tertiary/aromatic N) is 4. The Balaban J connectivity index is 1.36. The van der Waals surface area contributed by atoms with Gasteiger partial charge < -0.3 is 15.0 Å². The summed E-state index contributed by atoms with van der Waals surface area (Å²) in [6, 6.07) is 2.63. The van der Waals surface area contributed by atoms with Crippen molar-refractivity contribution in [2.45, 2.75) is 57.5 Å². The van der Waals surface area contributed by atoms with Gasteiger partial charge in [0.1, 0.15) is 5.69 Å². The summed E-state index contributed by atoms with van der Waals surface area (Å²) in [4.78, 5) is 29.7. The lowest BCUT2D eigenvalue weighted by Gasteiger charge is -2.44. The van der Waals surface area contributed by atoms with Crippen LogP contribution in [0.15, 0.2) is 6.07 Å². The molecule has 2 saturated heterocycles. The molecule has 1 aliphatic carbocycles. The first-order chi connectivity index (χ1) is 14.5. The highest BCUT2D eigenvalue weighted by molar-refractivity contribution is 5.92. The molecule has 0 aromatic carbocycles. The zero-order valence-corrected chi connectivity index (χ0v) is 18.3. The molecule has 1 N–H and O–H groups in total. The van der Waals surface area contributed by atoms with Crippen LogP contribution in [-0.4, -0.2) is 82.9 Å². The lowest BCUT2D eigenvalue weighted by atomic mass is 9.98. The largest absolute Gasteiger partial charge is 0.381 e. The molecular formula is C22H35N5O3. The lowest BCUT2D eigenvalue weighted by Crippen LogP contribution is -2.55. The van der Waals surface area contributed by atoms with Crippen LogP contribution in [-0.2, 0) is 16.6 Å². The van der Waals surface area contributed by atoms with E-state index in [2.05, 4.69) is 20.2 Å². The van der Waals surface area contributed by atoms with E-state index in [1.165, 1.54) is 0 Å². The molecule has 8 nitrogen and oxygen atoms in total. The Hall–Kier alpha value is -1.93. The molecule has 1 aromatic heterocycles. The van der Waals surface area contributed by atoms with E-state index in [1.807, 2.05) is 20.0 Å². The smallest absolute Gasteiger partial charge is 0.271 e. The maximum atomic E-state index is 12.6. The number of amides is 2. The molecule has 3 aliphatic rings. The maximum Gasteiger partial charge on any atom is 0.271 e. The molecule has 0 spiro atoms. The number of ether oxygens (including phenoxy) is 1. The topological polar surface area (TPSA) is 79.7 Å². The van der Waals surface area contributed by atoms with Gasteiger partial charge in [0.05, 0.1) is 0 Å². The van der Waals surface area contributed by atoms with E-state index >= 15 is 0 Å². The van der Waals surface area contributed by atoms with E-state index in [1.54, 1.807) is 4.68 Å². The van der Waals surface area contributed by atoms with Gasteiger partial charge in [-0.3, -0.25) is 19.2 Å². The van der Waals surface area contributed by atoms with Crippen molar-refractivity contribution in [2.24, 2.45) is 13.0 Å². The fourth-order valence-electron chi connectivity index (χ4n) is 4.75. The first-order valence-corrected chi connectivity index (χ1v) is 11.4. The van der Waals surface area contributed by atoms with Gasteiger partial charge in [-0.25, -0.2) is 0 Å². The number of carbonyl (C=O) groups excluding carboxylic acids is 2. The third-order valence-electron chi connectivity index (χ3n) is 6.77. The van der Waals surface area contributed by atoms with Gasteiger partial charge in [0.15, 0.2) is 0 Å². The summed E-state index contributed by atoms with van der Waals surface area (Å²) in [5.74, 6) is 0.506. The first-order valence-electron chi connectivity index (χ1n) is 11.4. The second-order valence-corrected chi connectivity index (χ2v) is 8.99. The average Bonchev–Trinajstić information content (AvgIpc) is 3.56. The van der Waals surface area contributed by atoms with Crippen molar-refractivity contribution in [3.63, 3.8) is 0 Å². The Kier molecular flexibility index (Phi) is 6.73. The molecule has 1 aromatic rings. The maximum absolute atomic E-state index is 12.6. The molecule has 0 radical (unpaired) electrons. The van der Waals surface area contributed by atoms with Crippen molar-refractivity contribution in [1.82, 2.24) is 24.9 Å². The molecule has 1 unspecified atom stereocenters. The van der Waals surface area contributed by atoms with Crippen molar-refractivity contribution < 1.29 is 14.3 Å². The molecule has 8 heteroatoms. The van der Waals surface area contributed by atoms with E-state index in [4.69, 9.17) is 4.74 Å². The van der Waals surface area contributed by atoms with Crippen molar-refractivity contribution >= 4 is 11.8 Å². The molecule has 3 heterocycles. The Morgan fingerprint density at radius 3 is 2.63 bits per heavy atom. The van der Waals surface area contributed by atoms with Gasteiger partial charge >= 0.3 is 0 Å². The van der Waals surface area contributed by atoms with E-state index in [9.17, 15) is 9.59 Å². The molecule has 2 amide bonds. The Morgan fingerprint density at radius 1 is 1.20 bits per heavy atom. The zero-order chi connectivity index (χ0) is 21.1. The zero-order valence-electron chi connectivity index (χ0n) is 18.3. The Morgan fingerprint density at radius 2 is 1.97 bits per heavy atom. The molecule has 1 atom stereocenters. The monoisotopic (exact) mass is 417 g/mol. The summed E-state index contributed by atoms with van der Waals surface area (Å²) in [7, 11) is 1.84. The van der Waals surface area contributed by atoms with Crippen LogP contribution in [0, 0.1) is 12.8 Å². The summed E-state index contributed by atoms with van der Waals surface area (Å²) in [6.45, 7) is 6.60. The fourth-order valence-corrected chi connectivity index (χ4v) is 4.75. The third-order valence-corrected chi connectivity index (χ3v) is 6.77. The van der Waals surface area contributed by atoms with Crippen LogP contribution in [0.1, 0.15) is 54.7 Å². The summed E-state index contributed by atoms with van der Waals surface area (Å²) in [6.07, 6.45) is 6.31. The highest BCUT2D eigenvalue weighted by atomic mass is 16.5. The van der Waals surface area contributed by atoms with Crippen molar-refractivity contribution in [3.05, 3.63) is 17.5 Å². The molecule has 0 bridgehead atoms. The van der Waals surface area contributed by atoms with E-state index < -0.39 is 0 Å². The summed E-state index contributed by atoms with van der Waals surface area (Å²) in [5.41, 5.74) is 1.43. The van der Waals surface area contributed by atoms with Crippen molar-refractivity contribution in [3.8, 4) is 0 Å². The highest BCUT2D eigenvalue weighted by Gasteiger charge is 2.37. The van der Waals surface area contributed by atoms with Gasteiger partial charge in [0.2, 0.25) is 5.91 Å². The van der Waals surface area contributed by atoms with Gasteiger partial charge in [-0.2, -0.15) is 5.10 Å². The lowest BCUT2D eigenvalue weighted by molar-refractivity contribution is -0.135. The van der Waals surface area contributed by atoms with E-state index in [-0.39, 0.29) is 11.8 Å². The number of likely N-dealkylation sites (tertiary alicyclic amines) is 1. The molecule has 3 fully saturated rings. The second-order valence-electron chi connectivity index (χ2n) is 8.99. The molecule has 30 heavy (non-hydrogen) atoms. The SMILES string of the molecule is Cc1cc(C(=O)NCCN(C2CCOCC2)C2CCCN(C(=O)C3CC3)C2)nn1C. The van der Waals surface area contributed by atoms with Crippen LogP contribution in [0.3, 0.4) is 0 Å². The number of carbonyl (C=O) groups is 2. The Bertz CT molecular complexity index is 734. The summed E-state index contributed by atoms with van der Waals surface area (Å²) >= 11 is 0. The van der Waals surface area contributed by atoms with Gasteiger partial charge in [0.25, 0.3) is 5.91 Å². The molecule has 4 rings (SSSR count). The summed E-state index contributed by atoms with van der Waals surface area (Å²) < 4.78 is 7.30. The summed E-state index contributed by atoms with van der Waals surface area (Å²) in [5, 5.41) is 7.31. The fraction of sp³-hybridized carbons (Fsp3) is 0.773. The number of nitrogens with one attached hydrogen (secondary N) is 1. The van der Waals surface area contributed by atoms with E-state index in [0.29, 0.717) is 30.2 Å². The number of aromatic nitrogens is 2. The van der Waals surface area contributed by atoms with Crippen LogP contribution in [0.25, 0.3) is 0 Å². The minimum absolute atomic E-state index is 0.125. The van der Waals surface area contributed by atoms with Gasteiger partial charge in [-0.1, -0.05) is 0 Å². The minimum Gasteiger partial charge on any atom is -0.381 e. The number of hydrogen-bond donors (Lipinski definition) is 1. The average molecular weight is 418 g/mol. The van der Waals surface area contributed by atoms with E-state index in [0.717, 1.165) is 77.1 Å². The van der Waals surface area contributed by atoms with Gasteiger partial charge in [-0.15, -0.1) is 0 Å². The van der Waals surface area contributed by atoms with Gasteiger partial charge in [-0.05, 0) is 51.5 Å². The van der Waals surface area contributed by atoms with Crippen molar-refractivity contribution in [1.29, 1.82) is 0 Å². The normalized spacial score (nSPS) is 23.0. The van der Waals surface area contributed by atoms with Gasteiger partial charge in [0, 0.05) is 70.1 Å². The Labute approximate surface area is 178 Å². The standard InChI is InChI=1S/C22H35N5O3/c1-16-14-20(24-25(16)2)21(28)23-9-11-27(18-7-12-30-13-8-18)19-4-3-10-26(15-19)22(29)17-5-6-17/h14,17-19H,3-13,15H2,1-2H3,(H,23,28). The van der Waals surface area contributed by atoms with Crippen LogP contribution in [0.4, 0.5) is 0 Å². The second kappa shape index (κ2) is 9.47. The first kappa shape index (κ1) is 21.3. The van der Waals surface area contributed by atoms with Crippen LogP contribution in [0.2, 0.25) is 0 Å². The van der Waals surface area contributed by atoms with Crippen molar-refractivity contribution in [2.75, 3.05) is 39.4 Å². The molecular weight excluding hydrogens is 382 g/mol. The highest BCUT2D eigenvalue weighted by Crippen LogP contribution is 2.32. The molecule has 166 valence electrons. The number of hydrogen-bond acceptors (Lipinski definition) is 5. The quantitative estimate of drug-likeness (QED) is 0.724. The molecule has 2 aliphatic heterocycles. The predicted molar refractivity (Wildman–Crippen MR) is 113 cm³/mol. The number of piperidine rings is 1. The number of rotatable bonds is 7.